The van der Waals surface area contributed by atoms with Gasteiger partial charge < -0.3 is 5.73 Å². The molecule has 4 heteroatoms. The van der Waals surface area contributed by atoms with Gasteiger partial charge in [0.05, 0.1) is 0 Å². The van der Waals surface area contributed by atoms with Crippen LogP contribution in [-0.2, 0) is 5.33 Å². The zero-order valence-electron chi connectivity index (χ0n) is 6.75. The highest BCUT2D eigenvalue weighted by Gasteiger charge is 2.04. The van der Waals surface area contributed by atoms with Crippen LogP contribution in [0.3, 0.4) is 0 Å². The molecule has 0 atom stereocenters. The summed E-state index contributed by atoms with van der Waals surface area (Å²) in [5.41, 5.74) is 6.50. The predicted octanol–water partition coefficient (Wildman–Crippen LogP) is 3.67. The summed E-state index contributed by atoms with van der Waals surface area (Å²) >= 11 is 9.57. The van der Waals surface area contributed by atoms with Crippen LogP contribution < -0.4 is 5.73 Å². The van der Waals surface area contributed by atoms with Crippen LogP contribution >= 0.6 is 39.9 Å². The molecule has 0 aliphatic carbocycles. The van der Waals surface area contributed by atoms with Crippen molar-refractivity contribution < 1.29 is 0 Å². The molecular weight excluding hydrogens is 266 g/mol. The summed E-state index contributed by atoms with van der Waals surface area (Å²) in [6, 6.07) is 6.03. The lowest BCUT2D eigenvalue weighted by molar-refractivity contribution is 1.55. The van der Waals surface area contributed by atoms with Gasteiger partial charge in [0.25, 0.3) is 0 Å². The molecule has 0 unspecified atom stereocenters. The molecule has 1 heterocycles. The Morgan fingerprint density at radius 3 is 2.85 bits per heavy atom. The van der Waals surface area contributed by atoms with Crippen molar-refractivity contribution in [3.63, 3.8) is 0 Å². The lowest BCUT2D eigenvalue weighted by atomic mass is 10.2. The summed E-state index contributed by atoms with van der Waals surface area (Å²) in [5.74, 6) is 0. The van der Waals surface area contributed by atoms with E-state index in [9.17, 15) is 0 Å². The van der Waals surface area contributed by atoms with Gasteiger partial charge in [-0.1, -0.05) is 15.9 Å². The van der Waals surface area contributed by atoms with Crippen LogP contribution in [0.15, 0.2) is 23.1 Å². The first-order chi connectivity index (χ1) is 6.20. The summed E-state index contributed by atoms with van der Waals surface area (Å²) in [5, 5.41) is 2.08. The second-order valence-electron chi connectivity index (χ2n) is 2.80. The largest absolute Gasteiger partial charge is 0.399 e. The van der Waals surface area contributed by atoms with E-state index in [4.69, 9.17) is 5.73 Å². The fourth-order valence-corrected chi connectivity index (χ4v) is 3.16. The number of fused-ring (bicyclic) bond motifs is 1. The number of hydrogen-bond donors (Lipinski definition) is 2. The molecule has 1 nitrogen and oxygen atoms in total. The van der Waals surface area contributed by atoms with E-state index in [0.717, 1.165) is 15.9 Å². The zero-order valence-corrected chi connectivity index (χ0v) is 10.0. The molecule has 0 aliphatic heterocycles. The standard InChI is InChI=1S/C9H8BrNS2/c10-4-6-3-7-8(12)1-5(11)2-9(7)13-6/h1-3,12H,4,11H2. The van der Waals surface area contributed by atoms with Crippen LogP contribution in [-0.4, -0.2) is 0 Å². The number of rotatable bonds is 1. The molecule has 13 heavy (non-hydrogen) atoms. The van der Waals surface area contributed by atoms with Gasteiger partial charge in [0.15, 0.2) is 0 Å². The van der Waals surface area contributed by atoms with Gasteiger partial charge in [-0.3, -0.25) is 0 Å². The van der Waals surface area contributed by atoms with Crippen LogP contribution in [0.5, 0.6) is 0 Å². The molecule has 2 rings (SSSR count). The second kappa shape index (κ2) is 3.52. The van der Waals surface area contributed by atoms with Gasteiger partial charge in [-0.25, -0.2) is 0 Å². The maximum absolute atomic E-state index is 5.72. The highest BCUT2D eigenvalue weighted by atomic mass is 79.9. The molecule has 0 aliphatic rings. The third kappa shape index (κ3) is 1.71. The Balaban J connectivity index is 2.75. The van der Waals surface area contributed by atoms with Crippen LogP contribution in [0.2, 0.25) is 0 Å². The number of nitrogen functional groups attached to an aromatic ring is 1. The van der Waals surface area contributed by atoms with Crippen LogP contribution in [0, 0.1) is 0 Å². The van der Waals surface area contributed by atoms with Gasteiger partial charge in [0, 0.05) is 30.9 Å². The van der Waals surface area contributed by atoms with E-state index in [0.29, 0.717) is 0 Å². The molecular formula is C9H8BrNS2. The number of halogens is 1. The quantitative estimate of drug-likeness (QED) is 0.463. The van der Waals surface area contributed by atoms with E-state index in [1.54, 1.807) is 11.3 Å². The van der Waals surface area contributed by atoms with E-state index < -0.39 is 0 Å². The molecule has 0 radical (unpaired) electrons. The van der Waals surface area contributed by atoms with Crippen molar-refractivity contribution in [2.75, 3.05) is 5.73 Å². The summed E-state index contributed by atoms with van der Waals surface area (Å²) in [4.78, 5) is 2.26. The fraction of sp³-hybridized carbons (Fsp3) is 0.111. The molecule has 1 aromatic carbocycles. The van der Waals surface area contributed by atoms with Crippen molar-refractivity contribution in [2.45, 2.75) is 10.2 Å². The van der Waals surface area contributed by atoms with Crippen molar-refractivity contribution in [2.24, 2.45) is 0 Å². The average molecular weight is 274 g/mol. The number of anilines is 1. The summed E-state index contributed by atoms with van der Waals surface area (Å²) in [6.07, 6.45) is 0. The van der Waals surface area contributed by atoms with Gasteiger partial charge >= 0.3 is 0 Å². The first-order valence-corrected chi connectivity index (χ1v) is 6.16. The van der Waals surface area contributed by atoms with E-state index in [2.05, 4.69) is 34.6 Å². The molecule has 0 fully saturated rings. The summed E-state index contributed by atoms with van der Waals surface area (Å²) in [7, 11) is 0. The highest BCUT2D eigenvalue weighted by Crippen LogP contribution is 2.33. The SMILES string of the molecule is Nc1cc(S)c2cc(CBr)sc2c1. The molecule has 1 aromatic heterocycles. The number of nitrogens with two attached hydrogens (primary N) is 1. The van der Waals surface area contributed by atoms with E-state index in [-0.39, 0.29) is 0 Å². The zero-order chi connectivity index (χ0) is 9.42. The third-order valence-corrected chi connectivity index (χ3v) is 4.25. The smallest absolute Gasteiger partial charge is 0.0377 e. The van der Waals surface area contributed by atoms with Crippen molar-refractivity contribution in [3.05, 3.63) is 23.1 Å². The van der Waals surface area contributed by atoms with Gasteiger partial charge in [-0.15, -0.1) is 24.0 Å². The minimum absolute atomic E-state index is 0.778. The predicted molar refractivity (Wildman–Crippen MR) is 66.1 cm³/mol. The van der Waals surface area contributed by atoms with Crippen molar-refractivity contribution in [3.8, 4) is 0 Å². The normalized spacial score (nSPS) is 10.9. The molecule has 68 valence electrons. The number of thiol groups is 1. The maximum atomic E-state index is 5.72. The van der Waals surface area contributed by atoms with Gasteiger partial charge in [0.2, 0.25) is 0 Å². The molecule has 2 N–H and O–H groups in total. The van der Waals surface area contributed by atoms with Gasteiger partial charge in [-0.2, -0.15) is 0 Å². The van der Waals surface area contributed by atoms with Crippen LogP contribution in [0.1, 0.15) is 4.88 Å². The maximum Gasteiger partial charge on any atom is 0.0377 e. The molecule has 2 aromatic rings. The number of hydrogen-bond acceptors (Lipinski definition) is 3. The summed E-state index contributed by atoms with van der Waals surface area (Å²) in [6.45, 7) is 0. The minimum Gasteiger partial charge on any atom is -0.399 e. The Hall–Kier alpha value is -0.190. The lowest BCUT2D eigenvalue weighted by Gasteiger charge is -1.96. The highest BCUT2D eigenvalue weighted by molar-refractivity contribution is 9.08. The number of thiophene rings is 1. The van der Waals surface area contributed by atoms with Crippen LogP contribution in [0.25, 0.3) is 10.1 Å². The Morgan fingerprint density at radius 1 is 1.38 bits per heavy atom. The van der Waals surface area contributed by atoms with Crippen molar-refractivity contribution in [1.29, 1.82) is 0 Å². The summed E-state index contributed by atoms with van der Waals surface area (Å²) < 4.78 is 1.21. The van der Waals surface area contributed by atoms with E-state index in [1.807, 2.05) is 12.1 Å². The van der Waals surface area contributed by atoms with Gasteiger partial charge in [0.1, 0.15) is 0 Å². The average Bonchev–Trinajstić information content (AvgIpc) is 2.47. The van der Waals surface area contributed by atoms with E-state index >= 15 is 0 Å². The molecule has 0 amide bonds. The first kappa shape index (κ1) is 9.37. The number of alkyl halides is 1. The van der Waals surface area contributed by atoms with Crippen LogP contribution in [0.4, 0.5) is 5.69 Å². The van der Waals surface area contributed by atoms with Gasteiger partial charge in [-0.05, 0) is 18.2 Å². The van der Waals surface area contributed by atoms with Crippen molar-refractivity contribution >= 4 is 55.7 Å². The Kier molecular flexibility index (Phi) is 2.53. The molecule has 0 bridgehead atoms. The lowest BCUT2D eigenvalue weighted by Crippen LogP contribution is -1.82. The third-order valence-electron chi connectivity index (χ3n) is 1.82. The molecule has 0 spiro atoms. The Bertz CT molecular complexity index is 450. The Morgan fingerprint density at radius 2 is 2.15 bits per heavy atom. The monoisotopic (exact) mass is 273 g/mol. The topological polar surface area (TPSA) is 26.0 Å². The second-order valence-corrected chi connectivity index (χ2v) is 5.01. The fourth-order valence-electron chi connectivity index (χ4n) is 1.26. The van der Waals surface area contributed by atoms with E-state index in [1.165, 1.54) is 15.0 Å². The minimum atomic E-state index is 0.778. The molecule has 0 saturated carbocycles. The molecule has 0 saturated heterocycles. The first-order valence-electron chi connectivity index (χ1n) is 3.77. The number of benzene rings is 1. The Labute approximate surface area is 94.5 Å². The van der Waals surface area contributed by atoms with Crippen molar-refractivity contribution in [1.82, 2.24) is 0 Å².